The average Bonchev–Trinajstić information content (AvgIpc) is 2.26. The first-order valence-electron chi connectivity index (χ1n) is 4.83. The van der Waals surface area contributed by atoms with Gasteiger partial charge in [0, 0.05) is 5.56 Å². The number of hydrogen-bond donors (Lipinski definition) is 0. The second kappa shape index (κ2) is 3.26. The van der Waals surface area contributed by atoms with Crippen LogP contribution in [-0.4, -0.2) is 0 Å². The number of allylic oxidation sites excluding steroid dienone is 1. The molecule has 15 heavy (non-hydrogen) atoms. The molecule has 0 aromatic heterocycles. The summed E-state index contributed by atoms with van der Waals surface area (Å²) in [5.41, 5.74) is 2.38. The Kier molecular flexibility index (Phi) is 2.01. The monoisotopic (exact) mass is 234 g/mol. The van der Waals surface area contributed by atoms with Crippen LogP contribution < -0.4 is 0 Å². The first-order valence-corrected chi connectivity index (χ1v) is 5.59. The van der Waals surface area contributed by atoms with Gasteiger partial charge >= 0.3 is 0 Å². The van der Waals surface area contributed by atoms with Gasteiger partial charge in [0.05, 0.1) is 10.0 Å². The Morgan fingerprint density at radius 2 is 2.00 bits per heavy atom. The molecule has 0 heterocycles. The summed E-state index contributed by atoms with van der Waals surface area (Å²) in [6.07, 6.45) is 5.16. The van der Waals surface area contributed by atoms with Crippen LogP contribution in [0.5, 0.6) is 0 Å². The molecule has 0 N–H and O–H groups in total. The molecule has 0 amide bonds. The molecule has 0 atom stereocenters. The smallest absolute Gasteiger partial charge is 0.0671 e. The van der Waals surface area contributed by atoms with Crippen molar-refractivity contribution in [1.29, 1.82) is 0 Å². The second-order valence-corrected chi connectivity index (χ2v) is 4.49. The molecule has 1 aliphatic carbocycles. The van der Waals surface area contributed by atoms with E-state index in [0.717, 1.165) is 12.0 Å². The zero-order valence-electron chi connectivity index (χ0n) is 7.93. The summed E-state index contributed by atoms with van der Waals surface area (Å²) >= 11 is 12.3. The predicted octanol–water partition coefficient (Wildman–Crippen LogP) is 4.72. The minimum absolute atomic E-state index is 0.628. The Balaban J connectivity index is 2.57. The van der Waals surface area contributed by atoms with Crippen molar-refractivity contribution in [3.05, 3.63) is 51.5 Å². The molecule has 0 radical (unpaired) electrons. The lowest BCUT2D eigenvalue weighted by Crippen LogP contribution is -1.93. The van der Waals surface area contributed by atoms with Crippen LogP contribution in [0.15, 0.2) is 30.3 Å². The fourth-order valence-electron chi connectivity index (χ4n) is 2.14. The van der Waals surface area contributed by atoms with Crippen LogP contribution in [-0.2, 0) is 6.42 Å². The number of hydrogen-bond acceptors (Lipinski definition) is 0. The van der Waals surface area contributed by atoms with Crippen molar-refractivity contribution in [2.75, 3.05) is 0 Å². The summed E-state index contributed by atoms with van der Waals surface area (Å²) in [5.74, 6) is 0. The third kappa shape index (κ3) is 1.29. The topological polar surface area (TPSA) is 0 Å². The van der Waals surface area contributed by atoms with Crippen molar-refractivity contribution in [3.8, 4) is 0 Å². The summed E-state index contributed by atoms with van der Waals surface area (Å²) in [6.45, 7) is 0. The molecule has 0 nitrogen and oxygen atoms in total. The minimum atomic E-state index is 0.628. The molecule has 1 aliphatic rings. The molecular formula is C13H8Cl2. The molecule has 0 saturated heterocycles. The molecule has 0 spiro atoms. The van der Waals surface area contributed by atoms with Crippen LogP contribution in [0.2, 0.25) is 10.0 Å². The predicted molar refractivity (Wildman–Crippen MR) is 66.7 cm³/mol. The molecular weight excluding hydrogens is 227 g/mol. The van der Waals surface area contributed by atoms with Crippen LogP contribution in [0.3, 0.4) is 0 Å². The Morgan fingerprint density at radius 1 is 1.13 bits per heavy atom. The van der Waals surface area contributed by atoms with Crippen molar-refractivity contribution < 1.29 is 0 Å². The van der Waals surface area contributed by atoms with Gasteiger partial charge in [-0.1, -0.05) is 53.6 Å². The van der Waals surface area contributed by atoms with Crippen LogP contribution in [0.4, 0.5) is 0 Å². The van der Waals surface area contributed by atoms with Crippen molar-refractivity contribution in [3.63, 3.8) is 0 Å². The van der Waals surface area contributed by atoms with E-state index in [4.69, 9.17) is 23.2 Å². The standard InChI is InChI=1S/C13H8Cl2/c14-11-7-9-5-1-3-8-4-2-6-10(12(8)9)13(11)15/h1-3,5-7H,4H2. The number of benzene rings is 2. The summed E-state index contributed by atoms with van der Waals surface area (Å²) in [6, 6.07) is 8.21. The third-order valence-electron chi connectivity index (χ3n) is 2.80. The summed E-state index contributed by atoms with van der Waals surface area (Å²) in [7, 11) is 0. The molecule has 0 aliphatic heterocycles. The quantitative estimate of drug-likeness (QED) is 0.619. The van der Waals surface area contributed by atoms with Gasteiger partial charge in [-0.2, -0.15) is 0 Å². The van der Waals surface area contributed by atoms with E-state index in [1.54, 1.807) is 0 Å². The van der Waals surface area contributed by atoms with Gasteiger partial charge in [0.25, 0.3) is 0 Å². The molecule has 0 fully saturated rings. The van der Waals surface area contributed by atoms with Crippen molar-refractivity contribution in [2.45, 2.75) is 6.42 Å². The minimum Gasteiger partial charge on any atom is -0.0827 e. The van der Waals surface area contributed by atoms with E-state index in [-0.39, 0.29) is 0 Å². The van der Waals surface area contributed by atoms with Gasteiger partial charge in [0.15, 0.2) is 0 Å². The SMILES string of the molecule is Clc1cc2cccc3c2c(c1Cl)C=CC3. The highest BCUT2D eigenvalue weighted by Crippen LogP contribution is 2.37. The lowest BCUT2D eigenvalue weighted by atomic mass is 9.93. The normalized spacial score (nSPS) is 13.5. The molecule has 0 unspecified atom stereocenters. The van der Waals surface area contributed by atoms with Crippen LogP contribution in [0.1, 0.15) is 11.1 Å². The Labute approximate surface area is 98.1 Å². The van der Waals surface area contributed by atoms with Crippen LogP contribution in [0.25, 0.3) is 16.8 Å². The van der Waals surface area contributed by atoms with Gasteiger partial charge in [-0.3, -0.25) is 0 Å². The van der Waals surface area contributed by atoms with Gasteiger partial charge in [-0.05, 0) is 28.8 Å². The van der Waals surface area contributed by atoms with E-state index in [0.29, 0.717) is 10.0 Å². The molecule has 3 rings (SSSR count). The van der Waals surface area contributed by atoms with Crippen molar-refractivity contribution in [1.82, 2.24) is 0 Å². The second-order valence-electron chi connectivity index (χ2n) is 3.71. The first-order chi connectivity index (χ1) is 7.27. The van der Waals surface area contributed by atoms with Crippen LogP contribution in [0, 0.1) is 0 Å². The maximum Gasteiger partial charge on any atom is 0.0671 e. The zero-order valence-corrected chi connectivity index (χ0v) is 9.44. The van der Waals surface area contributed by atoms with E-state index in [1.807, 2.05) is 6.07 Å². The lowest BCUT2D eigenvalue weighted by molar-refractivity contribution is 1.29. The van der Waals surface area contributed by atoms with E-state index < -0.39 is 0 Å². The largest absolute Gasteiger partial charge is 0.0827 e. The molecule has 74 valence electrons. The van der Waals surface area contributed by atoms with Gasteiger partial charge in [0.2, 0.25) is 0 Å². The Hall–Kier alpha value is -0.980. The zero-order chi connectivity index (χ0) is 10.4. The van der Waals surface area contributed by atoms with Gasteiger partial charge < -0.3 is 0 Å². The average molecular weight is 235 g/mol. The van der Waals surface area contributed by atoms with E-state index in [1.165, 1.54) is 16.3 Å². The summed E-state index contributed by atoms with van der Waals surface area (Å²) in [5, 5.41) is 3.70. The molecule has 0 bridgehead atoms. The fourth-order valence-corrected chi connectivity index (χ4v) is 2.57. The molecule has 0 saturated carbocycles. The highest BCUT2D eigenvalue weighted by molar-refractivity contribution is 6.44. The number of halogens is 2. The molecule has 2 aromatic carbocycles. The first kappa shape index (κ1) is 9.26. The lowest BCUT2D eigenvalue weighted by Gasteiger charge is -2.14. The Bertz CT molecular complexity index is 583. The van der Waals surface area contributed by atoms with Gasteiger partial charge in [-0.25, -0.2) is 0 Å². The van der Waals surface area contributed by atoms with Crippen molar-refractivity contribution in [2.24, 2.45) is 0 Å². The van der Waals surface area contributed by atoms with Crippen LogP contribution >= 0.6 is 23.2 Å². The molecule has 2 aromatic rings. The summed E-state index contributed by atoms with van der Waals surface area (Å²) in [4.78, 5) is 0. The fraction of sp³-hybridized carbons (Fsp3) is 0.0769. The third-order valence-corrected chi connectivity index (χ3v) is 3.61. The van der Waals surface area contributed by atoms with E-state index >= 15 is 0 Å². The van der Waals surface area contributed by atoms with E-state index in [2.05, 4.69) is 30.4 Å². The highest BCUT2D eigenvalue weighted by atomic mass is 35.5. The van der Waals surface area contributed by atoms with E-state index in [9.17, 15) is 0 Å². The van der Waals surface area contributed by atoms with Gasteiger partial charge in [0.1, 0.15) is 0 Å². The highest BCUT2D eigenvalue weighted by Gasteiger charge is 2.13. The molecule has 2 heteroatoms. The summed E-state index contributed by atoms with van der Waals surface area (Å²) < 4.78 is 0. The number of rotatable bonds is 0. The van der Waals surface area contributed by atoms with Gasteiger partial charge in [-0.15, -0.1) is 0 Å². The van der Waals surface area contributed by atoms with Crippen molar-refractivity contribution >= 4 is 40.1 Å². The maximum atomic E-state index is 6.19. The Morgan fingerprint density at radius 3 is 2.87 bits per heavy atom. The maximum absolute atomic E-state index is 6.19.